The van der Waals surface area contributed by atoms with Crippen LogP contribution in [0.25, 0.3) is 0 Å². The summed E-state index contributed by atoms with van der Waals surface area (Å²) < 4.78 is 31.6. The smallest absolute Gasteiger partial charge is 0.394 e. The van der Waals surface area contributed by atoms with Crippen molar-refractivity contribution < 1.29 is 23.0 Å². The molecule has 2 heterocycles. The Kier molecular flexibility index (Phi) is 10.3. The van der Waals surface area contributed by atoms with Gasteiger partial charge in [0.25, 0.3) is 0 Å². The second kappa shape index (κ2) is 11.0. The van der Waals surface area contributed by atoms with Gasteiger partial charge in [-0.15, -0.1) is 0 Å². The molecular weight excluding hydrogens is 340 g/mol. The first-order chi connectivity index (χ1) is 10.8. The molecule has 2 unspecified atom stereocenters. The Labute approximate surface area is 141 Å². The van der Waals surface area contributed by atoms with Gasteiger partial charge in [0.05, 0.1) is 26.2 Å². The molecule has 6 N–H and O–H groups in total. The zero-order valence-corrected chi connectivity index (χ0v) is 14.6. The van der Waals surface area contributed by atoms with Gasteiger partial charge in [-0.2, -0.15) is 18.6 Å². The van der Waals surface area contributed by atoms with Crippen molar-refractivity contribution in [1.29, 1.82) is 0 Å². The maximum Gasteiger partial charge on any atom is 0.394 e. The van der Waals surface area contributed by atoms with E-state index in [1.165, 1.54) is 0 Å². The highest BCUT2D eigenvalue weighted by molar-refractivity contribution is 7.79. The second-order valence-corrected chi connectivity index (χ2v) is 6.18. The van der Waals surface area contributed by atoms with E-state index in [1.54, 1.807) is 0 Å². The first-order valence-corrected chi connectivity index (χ1v) is 8.76. The number of nitrogens with one attached hydrogen (secondary N) is 2. The fourth-order valence-corrected chi connectivity index (χ4v) is 2.03. The van der Waals surface area contributed by atoms with E-state index in [9.17, 15) is 0 Å². The highest BCUT2D eigenvalue weighted by Crippen LogP contribution is 2.04. The Morgan fingerprint density at radius 2 is 1.33 bits per heavy atom. The van der Waals surface area contributed by atoms with Gasteiger partial charge < -0.3 is 16.1 Å². The molecule has 24 heavy (non-hydrogen) atoms. The van der Waals surface area contributed by atoms with Crippen LogP contribution in [0.15, 0.2) is 20.2 Å². The lowest BCUT2D eigenvalue weighted by atomic mass is 10.1. The number of hydrogen-bond donors (Lipinski definition) is 4. The molecule has 0 aromatic heterocycles. The lowest BCUT2D eigenvalue weighted by Gasteiger charge is -2.09. The van der Waals surface area contributed by atoms with Crippen LogP contribution in [0.1, 0.15) is 13.8 Å². The molecule has 2 atom stereocenters. The Balaban J connectivity index is 0.000000777. The zero-order valence-electron chi connectivity index (χ0n) is 13.8. The number of hydrogen-bond acceptors (Lipinski definition) is 8. The third-order valence-electron chi connectivity index (χ3n) is 3.14. The molecule has 140 valence electrons. The van der Waals surface area contributed by atoms with Crippen molar-refractivity contribution in [3.05, 3.63) is 0 Å². The van der Waals surface area contributed by atoms with E-state index in [4.69, 9.17) is 17.5 Å². The topological polar surface area (TPSA) is 180 Å². The van der Waals surface area contributed by atoms with E-state index in [1.807, 2.05) is 0 Å². The van der Waals surface area contributed by atoms with Crippen LogP contribution < -0.4 is 10.6 Å². The molecular formula is C12H26N6O5S. The minimum Gasteiger partial charge on any atom is -0.412 e. The van der Waals surface area contributed by atoms with Gasteiger partial charge >= 0.3 is 10.4 Å². The molecule has 0 aromatic carbocycles. The summed E-state index contributed by atoms with van der Waals surface area (Å²) >= 11 is 0. The van der Waals surface area contributed by atoms with Crippen molar-refractivity contribution in [2.24, 2.45) is 32.0 Å². The number of nitrogens with zero attached hydrogens (tertiary/aromatic N) is 4. The van der Waals surface area contributed by atoms with Gasteiger partial charge in [-0.25, -0.2) is 0 Å². The molecule has 0 bridgehead atoms. The average molecular weight is 366 g/mol. The van der Waals surface area contributed by atoms with Gasteiger partial charge in [-0.3, -0.25) is 19.1 Å². The molecule has 11 nitrogen and oxygen atoms in total. The zero-order chi connectivity index (χ0) is 17.3. The van der Waals surface area contributed by atoms with Crippen LogP contribution in [-0.2, 0) is 10.4 Å². The molecule has 0 aromatic rings. The van der Waals surface area contributed by atoms with Gasteiger partial charge in [0, 0.05) is 24.9 Å². The normalized spacial score (nSPS) is 19.2. The summed E-state index contributed by atoms with van der Waals surface area (Å²) in [5.41, 5.74) is 0. The quantitative estimate of drug-likeness (QED) is 0.354. The third-order valence-corrected chi connectivity index (χ3v) is 3.14. The van der Waals surface area contributed by atoms with Gasteiger partial charge in [0.15, 0.2) is 0 Å². The van der Waals surface area contributed by atoms with Crippen molar-refractivity contribution >= 4 is 22.1 Å². The van der Waals surface area contributed by atoms with Crippen LogP contribution in [0.4, 0.5) is 0 Å². The predicted octanol–water partition coefficient (Wildman–Crippen LogP) is -0.763. The third kappa shape index (κ3) is 10.2. The molecule has 0 amide bonds. The Hall–Kier alpha value is -1.63. The molecule has 0 radical (unpaired) electrons. The second-order valence-electron chi connectivity index (χ2n) is 5.29. The maximum atomic E-state index is 8.74. The average Bonchev–Trinajstić information content (AvgIpc) is 3.13. The standard InChI is InChI=1S/C12H22N6.H2O4S.H2O/c1-9(11-13-3-4-14-11)7-17-18-8-10(2)12-15-5-6-16-12;1-5(2,3)4;/h9-10H,3-8H2,1-2H3,(H,13,14)(H,15,16);(H2,1,2,3,4);1H2. The SMILES string of the molecule is CC(CN=NCC(C)C1=NCCN1)C1=NCCN1.O.O=S(=O)(O)O. The van der Waals surface area contributed by atoms with Crippen molar-refractivity contribution in [3.8, 4) is 0 Å². The first kappa shape index (κ1) is 22.4. The molecule has 0 saturated carbocycles. The molecule has 2 aliphatic heterocycles. The molecule has 0 fully saturated rings. The van der Waals surface area contributed by atoms with Crippen LogP contribution in [0.3, 0.4) is 0 Å². The predicted molar refractivity (Wildman–Crippen MR) is 91.3 cm³/mol. The van der Waals surface area contributed by atoms with E-state index in [0.717, 1.165) is 37.9 Å². The monoisotopic (exact) mass is 366 g/mol. The summed E-state index contributed by atoms with van der Waals surface area (Å²) in [6.45, 7) is 9.36. The van der Waals surface area contributed by atoms with Gasteiger partial charge in [0.2, 0.25) is 0 Å². The van der Waals surface area contributed by atoms with Crippen molar-refractivity contribution in [2.45, 2.75) is 13.8 Å². The Bertz CT molecular complexity index is 520. The van der Waals surface area contributed by atoms with Crippen LogP contribution in [-0.4, -0.2) is 73.9 Å². The van der Waals surface area contributed by atoms with Crippen molar-refractivity contribution in [1.82, 2.24) is 10.6 Å². The van der Waals surface area contributed by atoms with E-state index in [0.29, 0.717) is 24.9 Å². The summed E-state index contributed by atoms with van der Waals surface area (Å²) in [6.07, 6.45) is 0. The van der Waals surface area contributed by atoms with E-state index in [2.05, 4.69) is 44.7 Å². The highest BCUT2D eigenvalue weighted by atomic mass is 32.3. The molecule has 0 saturated heterocycles. The Morgan fingerprint density at radius 1 is 1.00 bits per heavy atom. The van der Waals surface area contributed by atoms with Crippen LogP contribution in [0.2, 0.25) is 0 Å². The van der Waals surface area contributed by atoms with E-state index < -0.39 is 10.4 Å². The Morgan fingerprint density at radius 3 is 1.58 bits per heavy atom. The summed E-state index contributed by atoms with van der Waals surface area (Å²) in [5, 5.41) is 15.0. The summed E-state index contributed by atoms with van der Waals surface area (Å²) in [4.78, 5) is 8.77. The number of azo groups is 1. The highest BCUT2D eigenvalue weighted by Gasteiger charge is 2.14. The first-order valence-electron chi connectivity index (χ1n) is 7.37. The van der Waals surface area contributed by atoms with Crippen LogP contribution in [0.5, 0.6) is 0 Å². The molecule has 0 aliphatic carbocycles. The van der Waals surface area contributed by atoms with Crippen LogP contribution >= 0.6 is 0 Å². The van der Waals surface area contributed by atoms with E-state index in [-0.39, 0.29) is 5.48 Å². The number of amidine groups is 2. The minimum absolute atomic E-state index is 0. The summed E-state index contributed by atoms with van der Waals surface area (Å²) in [6, 6.07) is 0. The molecule has 2 rings (SSSR count). The van der Waals surface area contributed by atoms with E-state index >= 15 is 0 Å². The lowest BCUT2D eigenvalue weighted by Crippen LogP contribution is -2.27. The number of rotatable bonds is 6. The largest absolute Gasteiger partial charge is 0.412 e. The van der Waals surface area contributed by atoms with Crippen LogP contribution in [0, 0.1) is 11.8 Å². The fraction of sp³-hybridized carbons (Fsp3) is 0.833. The fourth-order valence-electron chi connectivity index (χ4n) is 2.03. The molecule has 2 aliphatic rings. The van der Waals surface area contributed by atoms with Crippen molar-refractivity contribution in [2.75, 3.05) is 39.3 Å². The summed E-state index contributed by atoms with van der Waals surface area (Å²) in [7, 11) is -4.67. The lowest BCUT2D eigenvalue weighted by molar-refractivity contribution is 0.381. The van der Waals surface area contributed by atoms with Crippen molar-refractivity contribution in [3.63, 3.8) is 0 Å². The molecule has 0 spiro atoms. The van der Waals surface area contributed by atoms with Gasteiger partial charge in [-0.05, 0) is 0 Å². The number of aliphatic imine (C=N–C) groups is 2. The molecule has 12 heteroatoms. The maximum absolute atomic E-state index is 8.74. The minimum atomic E-state index is -4.67. The van der Waals surface area contributed by atoms with Gasteiger partial charge in [-0.1, -0.05) is 13.8 Å². The van der Waals surface area contributed by atoms with Gasteiger partial charge in [0.1, 0.15) is 11.7 Å². The summed E-state index contributed by atoms with van der Waals surface area (Å²) in [5.74, 6) is 2.83.